The van der Waals surface area contributed by atoms with Crippen LogP contribution in [0, 0.1) is 0 Å². The fourth-order valence-electron chi connectivity index (χ4n) is 1.66. The highest BCUT2D eigenvalue weighted by molar-refractivity contribution is 7.10. The third kappa shape index (κ3) is 3.30. The first-order chi connectivity index (χ1) is 9.58. The van der Waals surface area contributed by atoms with E-state index in [-0.39, 0.29) is 5.76 Å². The van der Waals surface area contributed by atoms with Crippen LogP contribution in [-0.4, -0.2) is 26.9 Å². The van der Waals surface area contributed by atoms with Crippen molar-refractivity contribution in [3.63, 3.8) is 0 Å². The van der Waals surface area contributed by atoms with Crippen LogP contribution in [0.5, 0.6) is 0 Å². The van der Waals surface area contributed by atoms with Crippen molar-refractivity contribution in [3.05, 3.63) is 58.1 Å². The second-order valence-corrected chi connectivity index (χ2v) is 4.99. The summed E-state index contributed by atoms with van der Waals surface area (Å²) in [5.41, 5.74) is 1.49. The Kier molecular flexibility index (Phi) is 4.27. The van der Waals surface area contributed by atoms with Crippen LogP contribution >= 0.6 is 11.3 Å². The Morgan fingerprint density at radius 3 is 2.55 bits per heavy atom. The van der Waals surface area contributed by atoms with Crippen molar-refractivity contribution in [2.75, 3.05) is 0 Å². The van der Waals surface area contributed by atoms with Gasteiger partial charge in [0.2, 0.25) is 0 Å². The van der Waals surface area contributed by atoms with E-state index < -0.39 is 11.8 Å². The minimum atomic E-state index is -1.59. The zero-order valence-electron chi connectivity index (χ0n) is 10.3. The molecule has 0 fully saturated rings. The Bertz CT molecular complexity index is 661. The van der Waals surface area contributed by atoms with Gasteiger partial charge >= 0.3 is 5.97 Å². The number of carboxylic acid groups (broad SMARTS) is 1. The lowest BCUT2D eigenvalue weighted by Crippen LogP contribution is -2.09. The Morgan fingerprint density at radius 1 is 1.20 bits per heavy atom. The number of rotatable bonds is 5. The van der Waals surface area contributed by atoms with Gasteiger partial charge in [0.25, 0.3) is 5.78 Å². The highest BCUT2D eigenvalue weighted by Crippen LogP contribution is 2.25. The molecule has 20 heavy (non-hydrogen) atoms. The lowest BCUT2D eigenvalue weighted by atomic mass is 10.1. The normalized spacial score (nSPS) is 11.3. The maximum atomic E-state index is 11.1. The van der Waals surface area contributed by atoms with Gasteiger partial charge in [0.1, 0.15) is 5.76 Å². The Hall–Kier alpha value is -2.47. The van der Waals surface area contributed by atoms with Gasteiger partial charge < -0.3 is 10.2 Å². The van der Waals surface area contributed by atoms with Crippen molar-refractivity contribution in [2.45, 2.75) is 6.42 Å². The van der Waals surface area contributed by atoms with Crippen LogP contribution in [0.25, 0.3) is 5.76 Å². The zero-order chi connectivity index (χ0) is 14.5. The number of thiophene rings is 1. The molecule has 0 aliphatic heterocycles. The SMILES string of the molecule is O=C(O)C(=O)C=C(O)c1ccsc1Cc1ccncc1. The summed E-state index contributed by atoms with van der Waals surface area (Å²) in [6.07, 6.45) is 4.65. The minimum absolute atomic E-state index is 0.331. The summed E-state index contributed by atoms with van der Waals surface area (Å²) in [6, 6.07) is 5.36. The number of ketones is 1. The smallest absolute Gasteiger partial charge is 0.376 e. The van der Waals surface area contributed by atoms with Gasteiger partial charge in [-0.3, -0.25) is 9.78 Å². The molecule has 0 aliphatic rings. The number of aliphatic carboxylic acids is 1. The molecule has 0 atom stereocenters. The van der Waals surface area contributed by atoms with Gasteiger partial charge in [-0.1, -0.05) is 0 Å². The summed E-state index contributed by atoms with van der Waals surface area (Å²) in [5, 5.41) is 20.2. The second-order valence-electron chi connectivity index (χ2n) is 3.99. The molecule has 0 radical (unpaired) electrons. The topological polar surface area (TPSA) is 87.5 Å². The van der Waals surface area contributed by atoms with E-state index >= 15 is 0 Å². The number of hydrogen-bond donors (Lipinski definition) is 2. The number of aliphatic hydroxyl groups excluding tert-OH is 1. The lowest BCUT2D eigenvalue weighted by molar-refractivity contribution is -0.146. The maximum Gasteiger partial charge on any atom is 0.376 e. The first-order valence-corrected chi connectivity index (χ1v) is 6.59. The molecular formula is C14H11NO4S. The Morgan fingerprint density at radius 2 is 1.90 bits per heavy atom. The van der Waals surface area contributed by atoms with E-state index in [1.807, 2.05) is 12.1 Å². The quantitative estimate of drug-likeness (QED) is 0.501. The van der Waals surface area contributed by atoms with Crippen molar-refractivity contribution >= 4 is 28.8 Å². The highest BCUT2D eigenvalue weighted by Gasteiger charge is 2.14. The predicted octanol–water partition coefficient (Wildman–Crippen LogP) is 2.29. The molecule has 0 aromatic carbocycles. The lowest BCUT2D eigenvalue weighted by Gasteiger charge is -2.03. The van der Waals surface area contributed by atoms with Gasteiger partial charge in [-0.2, -0.15) is 0 Å². The number of carbonyl (C=O) groups is 2. The molecule has 2 aromatic heterocycles. The molecule has 2 heterocycles. The molecule has 102 valence electrons. The number of aliphatic hydroxyl groups is 1. The van der Waals surface area contributed by atoms with Gasteiger partial charge in [-0.25, -0.2) is 4.79 Å². The van der Waals surface area contributed by atoms with E-state index in [0.717, 1.165) is 16.5 Å². The molecule has 2 rings (SSSR count). The third-order valence-electron chi connectivity index (χ3n) is 2.61. The molecule has 0 saturated carbocycles. The number of carboxylic acids is 1. The van der Waals surface area contributed by atoms with E-state index in [0.29, 0.717) is 12.0 Å². The van der Waals surface area contributed by atoms with Gasteiger partial charge in [0.15, 0.2) is 0 Å². The average molecular weight is 289 g/mol. The van der Waals surface area contributed by atoms with E-state index in [1.54, 1.807) is 23.8 Å². The van der Waals surface area contributed by atoms with Crippen molar-refractivity contribution in [2.24, 2.45) is 0 Å². The molecule has 0 unspecified atom stereocenters. The van der Waals surface area contributed by atoms with Gasteiger partial charge in [-0.15, -0.1) is 11.3 Å². The molecule has 0 spiro atoms. The highest BCUT2D eigenvalue weighted by atomic mass is 32.1. The molecule has 2 aromatic rings. The second kappa shape index (κ2) is 6.12. The van der Waals surface area contributed by atoms with Crippen LogP contribution < -0.4 is 0 Å². The fraction of sp³-hybridized carbons (Fsp3) is 0.0714. The maximum absolute atomic E-state index is 11.1. The van der Waals surface area contributed by atoms with E-state index in [4.69, 9.17) is 5.11 Å². The van der Waals surface area contributed by atoms with Crippen LogP contribution in [0.3, 0.4) is 0 Å². The van der Waals surface area contributed by atoms with E-state index in [2.05, 4.69) is 4.98 Å². The molecule has 0 bridgehead atoms. The van der Waals surface area contributed by atoms with Crippen LogP contribution in [0.4, 0.5) is 0 Å². The van der Waals surface area contributed by atoms with Crippen molar-refractivity contribution < 1.29 is 19.8 Å². The predicted molar refractivity (Wildman–Crippen MR) is 74.6 cm³/mol. The van der Waals surface area contributed by atoms with Crippen molar-refractivity contribution in [3.8, 4) is 0 Å². The van der Waals surface area contributed by atoms with Crippen LogP contribution in [0.1, 0.15) is 16.0 Å². The van der Waals surface area contributed by atoms with Crippen LogP contribution in [0.15, 0.2) is 42.0 Å². The largest absolute Gasteiger partial charge is 0.507 e. The van der Waals surface area contributed by atoms with E-state index in [9.17, 15) is 14.7 Å². The number of carbonyl (C=O) groups excluding carboxylic acids is 1. The monoisotopic (exact) mass is 289 g/mol. The summed E-state index contributed by atoms with van der Waals surface area (Å²) in [6.45, 7) is 0. The molecule has 5 nitrogen and oxygen atoms in total. The standard InChI is InChI=1S/C14H11NO4S/c16-11(8-12(17)14(18)19)10-3-6-20-13(10)7-9-1-4-15-5-2-9/h1-6,8,16H,7H2,(H,18,19). The average Bonchev–Trinajstić information content (AvgIpc) is 2.88. The molecular weight excluding hydrogens is 278 g/mol. The van der Waals surface area contributed by atoms with Crippen molar-refractivity contribution in [1.29, 1.82) is 0 Å². The van der Waals surface area contributed by atoms with Crippen LogP contribution in [-0.2, 0) is 16.0 Å². The molecule has 6 heteroatoms. The first-order valence-electron chi connectivity index (χ1n) is 5.71. The number of nitrogens with zero attached hydrogens (tertiary/aromatic N) is 1. The fourth-order valence-corrected chi connectivity index (χ4v) is 2.57. The first kappa shape index (κ1) is 14.0. The van der Waals surface area contributed by atoms with Crippen LogP contribution in [0.2, 0.25) is 0 Å². The minimum Gasteiger partial charge on any atom is -0.507 e. The molecule has 2 N–H and O–H groups in total. The van der Waals surface area contributed by atoms with Crippen molar-refractivity contribution in [1.82, 2.24) is 4.98 Å². The van der Waals surface area contributed by atoms with Gasteiger partial charge in [-0.05, 0) is 29.1 Å². The summed E-state index contributed by atoms with van der Waals surface area (Å²) in [5.74, 6) is -3.08. The summed E-state index contributed by atoms with van der Waals surface area (Å²) >= 11 is 1.43. The van der Waals surface area contributed by atoms with E-state index in [1.165, 1.54) is 11.3 Å². The Balaban J connectivity index is 2.25. The molecule has 0 saturated heterocycles. The van der Waals surface area contributed by atoms with Gasteiger partial charge in [0, 0.05) is 35.3 Å². The number of pyridine rings is 1. The molecule has 0 amide bonds. The Labute approximate surface area is 118 Å². The molecule has 0 aliphatic carbocycles. The van der Waals surface area contributed by atoms with Gasteiger partial charge in [0.05, 0.1) is 0 Å². The zero-order valence-corrected chi connectivity index (χ0v) is 11.1. The third-order valence-corrected chi connectivity index (χ3v) is 3.53. The summed E-state index contributed by atoms with van der Waals surface area (Å²) in [4.78, 5) is 26.3. The summed E-state index contributed by atoms with van der Waals surface area (Å²) < 4.78 is 0. The number of hydrogen-bond acceptors (Lipinski definition) is 5. The number of aromatic nitrogens is 1. The summed E-state index contributed by atoms with van der Waals surface area (Å²) in [7, 11) is 0.